The van der Waals surface area contributed by atoms with Gasteiger partial charge in [-0.3, -0.25) is 4.90 Å². The van der Waals surface area contributed by atoms with Crippen molar-refractivity contribution >= 4 is 21.4 Å². The molecule has 1 aromatic heterocycles. The molecule has 4 rings (SSSR count). The van der Waals surface area contributed by atoms with Gasteiger partial charge in [0.2, 0.25) is 0 Å². The van der Waals surface area contributed by atoms with Crippen molar-refractivity contribution < 1.29 is 5.11 Å². The first kappa shape index (κ1) is 13.0. The highest BCUT2D eigenvalue weighted by Gasteiger charge is 2.39. The number of nitrogens with zero attached hydrogens (tertiary/aromatic N) is 1. The summed E-state index contributed by atoms with van der Waals surface area (Å²) >= 11 is 1.69. The summed E-state index contributed by atoms with van der Waals surface area (Å²) in [6.07, 6.45) is 0. The molecular formula is C18H17NOS. The monoisotopic (exact) mass is 295 g/mol. The molecule has 106 valence electrons. The highest BCUT2D eigenvalue weighted by atomic mass is 32.1. The molecule has 0 fully saturated rings. The molecule has 0 aliphatic carbocycles. The number of β-amino-alcohol motifs (C(OH)–C–C–N with tert-alkyl or cyclic N) is 1. The number of hydrogen-bond donors (Lipinski definition) is 1. The minimum atomic E-state index is -0.909. The fraction of sp³-hybridized carbons (Fsp3) is 0.222. The van der Waals surface area contributed by atoms with Crippen molar-refractivity contribution in [2.24, 2.45) is 0 Å². The van der Waals surface area contributed by atoms with E-state index in [1.54, 1.807) is 11.3 Å². The molecular weight excluding hydrogens is 278 g/mol. The molecule has 1 aliphatic heterocycles. The first-order valence-corrected chi connectivity index (χ1v) is 7.97. The summed E-state index contributed by atoms with van der Waals surface area (Å²) in [6.45, 7) is 1.53. The van der Waals surface area contributed by atoms with Gasteiger partial charge in [-0.2, -0.15) is 0 Å². The largest absolute Gasteiger partial charge is 0.378 e. The van der Waals surface area contributed by atoms with Gasteiger partial charge in [-0.05, 0) is 35.7 Å². The molecule has 0 saturated carbocycles. The molecule has 3 aromatic rings. The van der Waals surface area contributed by atoms with Crippen molar-refractivity contribution in [2.75, 3.05) is 13.6 Å². The number of hydrogen-bond acceptors (Lipinski definition) is 3. The normalized spacial score (nSPS) is 22.4. The number of thiophene rings is 1. The van der Waals surface area contributed by atoms with E-state index in [0.29, 0.717) is 6.54 Å². The third-order valence-corrected chi connectivity index (χ3v) is 5.50. The van der Waals surface area contributed by atoms with Gasteiger partial charge in [-0.15, -0.1) is 11.3 Å². The van der Waals surface area contributed by atoms with E-state index < -0.39 is 5.60 Å². The van der Waals surface area contributed by atoms with Crippen LogP contribution in [0.1, 0.15) is 16.0 Å². The van der Waals surface area contributed by atoms with Crippen molar-refractivity contribution in [3.8, 4) is 0 Å². The molecule has 0 saturated heterocycles. The Balaban J connectivity index is 1.93. The van der Waals surface area contributed by atoms with Gasteiger partial charge in [0.05, 0.1) is 0 Å². The lowest BCUT2D eigenvalue weighted by Gasteiger charge is -2.38. The second-order valence-corrected chi connectivity index (χ2v) is 6.92. The number of fused-ring (bicyclic) bond motifs is 2. The second kappa shape index (κ2) is 4.67. The van der Waals surface area contributed by atoms with Gasteiger partial charge in [-0.25, -0.2) is 0 Å². The van der Waals surface area contributed by atoms with Crippen LogP contribution >= 0.6 is 11.3 Å². The van der Waals surface area contributed by atoms with Crippen LogP contribution in [0, 0.1) is 0 Å². The Morgan fingerprint density at radius 3 is 2.71 bits per heavy atom. The fourth-order valence-electron chi connectivity index (χ4n) is 3.28. The molecule has 0 spiro atoms. The molecule has 0 radical (unpaired) electrons. The summed E-state index contributed by atoms with van der Waals surface area (Å²) in [4.78, 5) is 3.22. The highest BCUT2D eigenvalue weighted by molar-refractivity contribution is 7.19. The van der Waals surface area contributed by atoms with Crippen molar-refractivity contribution in [3.05, 3.63) is 70.6 Å². The second-order valence-electron chi connectivity index (χ2n) is 5.84. The lowest BCUT2D eigenvalue weighted by atomic mass is 9.84. The van der Waals surface area contributed by atoms with Crippen LogP contribution in [0.4, 0.5) is 0 Å². The number of rotatable bonds is 1. The molecule has 2 aromatic carbocycles. The maximum atomic E-state index is 11.4. The molecule has 3 heteroatoms. The van der Waals surface area contributed by atoms with Gasteiger partial charge in [0, 0.05) is 22.7 Å². The predicted octanol–water partition coefficient (Wildman–Crippen LogP) is 3.58. The Morgan fingerprint density at radius 1 is 1.10 bits per heavy atom. The van der Waals surface area contributed by atoms with Crippen LogP contribution in [-0.4, -0.2) is 23.6 Å². The summed E-state index contributed by atoms with van der Waals surface area (Å²) in [7, 11) is 2.06. The van der Waals surface area contributed by atoms with E-state index in [1.807, 2.05) is 24.3 Å². The SMILES string of the molecule is CN1Cc2ccccc2C(O)(c2cc3ccccc3s2)C1. The van der Waals surface area contributed by atoms with E-state index in [2.05, 4.69) is 42.3 Å². The van der Waals surface area contributed by atoms with Crippen molar-refractivity contribution in [1.82, 2.24) is 4.90 Å². The molecule has 1 atom stereocenters. The quantitative estimate of drug-likeness (QED) is 0.741. The zero-order valence-corrected chi connectivity index (χ0v) is 12.7. The zero-order valence-electron chi connectivity index (χ0n) is 11.9. The van der Waals surface area contributed by atoms with E-state index in [9.17, 15) is 5.11 Å². The lowest BCUT2D eigenvalue weighted by molar-refractivity contribution is 0.0314. The van der Waals surface area contributed by atoms with E-state index >= 15 is 0 Å². The van der Waals surface area contributed by atoms with Crippen LogP contribution < -0.4 is 0 Å². The molecule has 1 N–H and O–H groups in total. The molecule has 2 heterocycles. The molecule has 0 amide bonds. The maximum absolute atomic E-state index is 11.4. The first-order valence-electron chi connectivity index (χ1n) is 7.15. The third-order valence-electron chi connectivity index (χ3n) is 4.24. The van der Waals surface area contributed by atoms with Crippen LogP contribution in [0.25, 0.3) is 10.1 Å². The molecule has 21 heavy (non-hydrogen) atoms. The van der Waals surface area contributed by atoms with E-state index in [0.717, 1.165) is 17.0 Å². The highest BCUT2D eigenvalue weighted by Crippen LogP contribution is 2.41. The topological polar surface area (TPSA) is 23.5 Å². The molecule has 1 unspecified atom stereocenters. The Kier molecular flexibility index (Phi) is 2.89. The summed E-state index contributed by atoms with van der Waals surface area (Å²) < 4.78 is 1.23. The van der Waals surface area contributed by atoms with Crippen LogP contribution in [0.5, 0.6) is 0 Å². The number of benzene rings is 2. The third kappa shape index (κ3) is 2.01. The van der Waals surface area contributed by atoms with E-state index in [1.165, 1.54) is 15.6 Å². The maximum Gasteiger partial charge on any atom is 0.137 e. The fourth-order valence-corrected chi connectivity index (χ4v) is 4.44. The average Bonchev–Trinajstić information content (AvgIpc) is 2.91. The zero-order chi connectivity index (χ0) is 14.4. The minimum absolute atomic E-state index is 0.636. The van der Waals surface area contributed by atoms with Crippen LogP contribution in [-0.2, 0) is 12.1 Å². The Hall–Kier alpha value is -1.68. The molecule has 0 bridgehead atoms. The smallest absolute Gasteiger partial charge is 0.137 e. The van der Waals surface area contributed by atoms with E-state index in [-0.39, 0.29) is 0 Å². The van der Waals surface area contributed by atoms with Gasteiger partial charge in [0.15, 0.2) is 0 Å². The van der Waals surface area contributed by atoms with Crippen LogP contribution in [0.2, 0.25) is 0 Å². The predicted molar refractivity (Wildman–Crippen MR) is 87.6 cm³/mol. The van der Waals surface area contributed by atoms with Gasteiger partial charge in [0.1, 0.15) is 5.60 Å². The van der Waals surface area contributed by atoms with Gasteiger partial charge in [-0.1, -0.05) is 42.5 Å². The summed E-state index contributed by atoms with van der Waals surface area (Å²) in [5.74, 6) is 0. The molecule has 1 aliphatic rings. The lowest BCUT2D eigenvalue weighted by Crippen LogP contribution is -2.44. The van der Waals surface area contributed by atoms with Crippen molar-refractivity contribution in [1.29, 1.82) is 0 Å². The standard InChI is InChI=1S/C18H17NOS/c1-19-11-14-7-2-4-8-15(14)18(20,12-19)17-10-13-6-3-5-9-16(13)21-17/h2-10,20H,11-12H2,1H3. The van der Waals surface area contributed by atoms with Crippen molar-refractivity contribution in [2.45, 2.75) is 12.1 Å². The number of likely N-dealkylation sites (N-methyl/N-ethyl adjacent to an activating group) is 1. The summed E-state index contributed by atoms with van der Waals surface area (Å²) in [5.41, 5.74) is 1.36. The van der Waals surface area contributed by atoms with Crippen molar-refractivity contribution in [3.63, 3.8) is 0 Å². The van der Waals surface area contributed by atoms with Gasteiger partial charge in [0.25, 0.3) is 0 Å². The van der Waals surface area contributed by atoms with Crippen LogP contribution in [0.15, 0.2) is 54.6 Å². The van der Waals surface area contributed by atoms with Gasteiger partial charge >= 0.3 is 0 Å². The Labute approximate surface area is 128 Å². The van der Waals surface area contributed by atoms with Gasteiger partial charge < -0.3 is 5.11 Å². The Morgan fingerprint density at radius 2 is 1.86 bits per heavy atom. The number of aliphatic hydroxyl groups is 1. The van der Waals surface area contributed by atoms with E-state index in [4.69, 9.17) is 0 Å². The average molecular weight is 295 g/mol. The van der Waals surface area contributed by atoms with Crippen LogP contribution in [0.3, 0.4) is 0 Å². The minimum Gasteiger partial charge on any atom is -0.378 e. The summed E-state index contributed by atoms with van der Waals surface area (Å²) in [6, 6.07) is 18.7. The molecule has 2 nitrogen and oxygen atoms in total. The Bertz CT molecular complexity index is 777. The first-order chi connectivity index (χ1) is 10.2. The summed E-state index contributed by atoms with van der Waals surface area (Å²) in [5, 5.41) is 12.6.